The minimum absolute atomic E-state index is 0. The van der Waals surface area contributed by atoms with Gasteiger partial charge in [0.2, 0.25) is 0 Å². The summed E-state index contributed by atoms with van der Waals surface area (Å²) in [4.78, 5) is 17.4. The molecule has 0 bridgehead atoms. The van der Waals surface area contributed by atoms with Crippen LogP contribution in [-0.4, -0.2) is 19.9 Å². The van der Waals surface area contributed by atoms with Crippen LogP contribution < -0.4 is 0 Å². The number of aromatic nitrogens is 4. The van der Waals surface area contributed by atoms with Crippen molar-refractivity contribution in [3.8, 4) is 0 Å². The summed E-state index contributed by atoms with van der Waals surface area (Å²) < 4.78 is 0. The van der Waals surface area contributed by atoms with Crippen LogP contribution in [0, 0.1) is 0 Å². The third-order valence-electron chi connectivity index (χ3n) is 4.69. The van der Waals surface area contributed by atoms with E-state index in [1.165, 1.54) is 0 Å². The fourth-order valence-electron chi connectivity index (χ4n) is 3.36. The smallest absolute Gasteiger partial charge is 0.0964 e. The molecule has 4 heterocycles. The molecule has 6 rings (SSSR count). The van der Waals surface area contributed by atoms with Gasteiger partial charge in [0.1, 0.15) is 0 Å². The predicted molar refractivity (Wildman–Crippen MR) is 114 cm³/mol. The SMILES string of the molecule is [Fe].c1cnc2c(c1)ccc1cccnc12.c1cnc2c(c1)ccc1cccnc12. The largest absolute Gasteiger partial charge is 0.254 e. The fraction of sp³-hybridized carbons (Fsp3) is 0. The van der Waals surface area contributed by atoms with Crippen molar-refractivity contribution in [1.82, 2.24) is 19.9 Å². The maximum absolute atomic E-state index is 4.35. The topological polar surface area (TPSA) is 51.6 Å². The van der Waals surface area contributed by atoms with E-state index in [-0.39, 0.29) is 17.1 Å². The Morgan fingerprint density at radius 1 is 0.345 bits per heavy atom. The molecular formula is C24H16FeN4. The molecule has 0 atom stereocenters. The van der Waals surface area contributed by atoms with Crippen LogP contribution in [0.3, 0.4) is 0 Å². The van der Waals surface area contributed by atoms with Crippen molar-refractivity contribution < 1.29 is 17.1 Å². The van der Waals surface area contributed by atoms with Crippen LogP contribution in [-0.2, 0) is 17.1 Å². The van der Waals surface area contributed by atoms with Gasteiger partial charge in [0.05, 0.1) is 22.1 Å². The number of hydrogen-bond donors (Lipinski definition) is 0. The van der Waals surface area contributed by atoms with E-state index in [1.807, 2.05) is 24.3 Å². The first-order valence-electron chi connectivity index (χ1n) is 9.07. The molecule has 0 saturated carbocycles. The molecule has 0 radical (unpaired) electrons. The second kappa shape index (κ2) is 8.31. The number of fused-ring (bicyclic) bond motifs is 6. The molecule has 0 spiro atoms. The molecule has 5 heteroatoms. The summed E-state index contributed by atoms with van der Waals surface area (Å²) in [6.45, 7) is 0. The second-order valence-corrected chi connectivity index (χ2v) is 6.43. The fourth-order valence-corrected chi connectivity index (χ4v) is 3.36. The second-order valence-electron chi connectivity index (χ2n) is 6.43. The molecule has 0 aliphatic carbocycles. The molecule has 0 saturated heterocycles. The Balaban J connectivity index is 0.000000137. The van der Waals surface area contributed by atoms with Crippen LogP contribution in [0.15, 0.2) is 97.6 Å². The molecule has 4 nitrogen and oxygen atoms in total. The van der Waals surface area contributed by atoms with Gasteiger partial charge in [-0.1, -0.05) is 48.5 Å². The van der Waals surface area contributed by atoms with Crippen molar-refractivity contribution in [1.29, 1.82) is 0 Å². The van der Waals surface area contributed by atoms with E-state index in [1.54, 1.807) is 24.8 Å². The van der Waals surface area contributed by atoms with E-state index < -0.39 is 0 Å². The van der Waals surface area contributed by atoms with Gasteiger partial charge in [0, 0.05) is 63.4 Å². The van der Waals surface area contributed by atoms with Gasteiger partial charge in [-0.05, 0) is 24.3 Å². The third kappa shape index (κ3) is 3.66. The van der Waals surface area contributed by atoms with E-state index in [2.05, 4.69) is 68.5 Å². The Kier molecular flexibility index (Phi) is 5.43. The standard InChI is InChI=1S/2C12H8N2.Fe/c2*1-3-9-5-6-10-4-2-8-14-12(10)11(9)13-7-1;/h2*1-8H;. The van der Waals surface area contributed by atoms with E-state index in [4.69, 9.17) is 0 Å². The summed E-state index contributed by atoms with van der Waals surface area (Å²) in [7, 11) is 0. The van der Waals surface area contributed by atoms with Crippen molar-refractivity contribution in [3.63, 3.8) is 0 Å². The normalized spacial score (nSPS) is 10.5. The quantitative estimate of drug-likeness (QED) is 0.240. The molecule has 4 aromatic heterocycles. The van der Waals surface area contributed by atoms with E-state index in [0.29, 0.717) is 0 Å². The van der Waals surface area contributed by atoms with Gasteiger partial charge in [-0.25, -0.2) is 0 Å². The van der Waals surface area contributed by atoms with Crippen LogP contribution in [0.2, 0.25) is 0 Å². The molecule has 0 amide bonds. The monoisotopic (exact) mass is 416 g/mol. The molecule has 0 aliphatic rings. The minimum atomic E-state index is 0. The summed E-state index contributed by atoms with van der Waals surface area (Å²) in [5.41, 5.74) is 3.91. The van der Waals surface area contributed by atoms with Gasteiger partial charge in [0.15, 0.2) is 0 Å². The Morgan fingerprint density at radius 3 is 0.828 bits per heavy atom. The van der Waals surface area contributed by atoms with E-state index >= 15 is 0 Å². The molecule has 0 unspecified atom stereocenters. The Morgan fingerprint density at radius 2 is 0.586 bits per heavy atom. The maximum atomic E-state index is 4.35. The van der Waals surface area contributed by atoms with Crippen LogP contribution >= 0.6 is 0 Å². The first-order valence-corrected chi connectivity index (χ1v) is 9.07. The molecule has 6 aromatic rings. The van der Waals surface area contributed by atoms with Gasteiger partial charge < -0.3 is 0 Å². The van der Waals surface area contributed by atoms with Gasteiger partial charge in [0.25, 0.3) is 0 Å². The first kappa shape index (κ1) is 18.9. The average Bonchev–Trinajstić information content (AvgIpc) is 2.79. The zero-order chi connectivity index (χ0) is 18.8. The minimum Gasteiger partial charge on any atom is -0.254 e. The van der Waals surface area contributed by atoms with Gasteiger partial charge in [-0.15, -0.1) is 0 Å². The average molecular weight is 416 g/mol. The zero-order valence-electron chi connectivity index (χ0n) is 15.4. The van der Waals surface area contributed by atoms with Crippen LogP contribution in [0.1, 0.15) is 0 Å². The van der Waals surface area contributed by atoms with Gasteiger partial charge >= 0.3 is 0 Å². The maximum Gasteiger partial charge on any atom is 0.0964 e. The Bertz CT molecular complexity index is 1210. The molecule has 0 fully saturated rings. The van der Waals surface area contributed by atoms with Crippen molar-refractivity contribution >= 4 is 43.6 Å². The summed E-state index contributed by atoms with van der Waals surface area (Å²) in [6.07, 6.45) is 7.21. The van der Waals surface area contributed by atoms with Crippen LogP contribution in [0.4, 0.5) is 0 Å². The van der Waals surface area contributed by atoms with E-state index in [9.17, 15) is 0 Å². The Labute approximate surface area is 178 Å². The summed E-state index contributed by atoms with van der Waals surface area (Å²) in [5, 5.41) is 4.55. The number of hydrogen-bond acceptors (Lipinski definition) is 4. The van der Waals surface area contributed by atoms with Crippen molar-refractivity contribution in [2.45, 2.75) is 0 Å². The first-order chi connectivity index (χ1) is 13.9. The third-order valence-corrected chi connectivity index (χ3v) is 4.69. The summed E-state index contributed by atoms with van der Waals surface area (Å²) in [5.74, 6) is 0. The molecule has 29 heavy (non-hydrogen) atoms. The van der Waals surface area contributed by atoms with Crippen LogP contribution in [0.5, 0.6) is 0 Å². The predicted octanol–water partition coefficient (Wildman–Crippen LogP) is 5.56. The number of pyridine rings is 4. The Hall–Kier alpha value is -3.40. The molecule has 140 valence electrons. The van der Waals surface area contributed by atoms with Crippen molar-refractivity contribution in [3.05, 3.63) is 97.6 Å². The molecule has 0 N–H and O–H groups in total. The van der Waals surface area contributed by atoms with Gasteiger partial charge in [-0.2, -0.15) is 0 Å². The van der Waals surface area contributed by atoms with Crippen LogP contribution in [0.25, 0.3) is 43.6 Å². The summed E-state index contributed by atoms with van der Waals surface area (Å²) in [6, 6.07) is 24.3. The van der Waals surface area contributed by atoms with Crippen molar-refractivity contribution in [2.75, 3.05) is 0 Å². The number of benzene rings is 2. The van der Waals surface area contributed by atoms with E-state index in [0.717, 1.165) is 43.6 Å². The molecule has 2 aromatic carbocycles. The molecule has 0 aliphatic heterocycles. The number of rotatable bonds is 0. The number of nitrogens with zero attached hydrogens (tertiary/aromatic N) is 4. The zero-order valence-corrected chi connectivity index (χ0v) is 16.5. The molecular weight excluding hydrogens is 400 g/mol. The summed E-state index contributed by atoms with van der Waals surface area (Å²) >= 11 is 0. The van der Waals surface area contributed by atoms with Crippen molar-refractivity contribution in [2.24, 2.45) is 0 Å². The van der Waals surface area contributed by atoms with Gasteiger partial charge in [-0.3, -0.25) is 19.9 Å².